The van der Waals surface area contributed by atoms with Crippen LogP contribution in [0.2, 0.25) is 0 Å². The van der Waals surface area contributed by atoms with Crippen molar-refractivity contribution in [3.63, 3.8) is 0 Å². The summed E-state index contributed by atoms with van der Waals surface area (Å²) in [5.74, 6) is -3.16. The molecule has 162 valence electrons. The Morgan fingerprint density at radius 3 is 2.17 bits per heavy atom. The molecule has 0 radical (unpaired) electrons. The smallest absolute Gasteiger partial charge is 0.475 e. The van der Waals surface area contributed by atoms with Crippen LogP contribution in [0.5, 0.6) is 0 Å². The summed E-state index contributed by atoms with van der Waals surface area (Å²) >= 11 is 0. The quantitative estimate of drug-likeness (QED) is 0.632. The number of nitrogens with two attached hydrogens (primary N) is 1. The lowest BCUT2D eigenvalue weighted by Gasteiger charge is -2.21. The first kappa shape index (κ1) is 22.9. The number of pyridine rings is 1. The fourth-order valence-electron chi connectivity index (χ4n) is 2.97. The van der Waals surface area contributed by atoms with Gasteiger partial charge in [-0.25, -0.2) is 4.79 Å². The number of carbonyl (C=O) groups excluding carboxylic acids is 1. The van der Waals surface area contributed by atoms with Crippen LogP contribution in [0.15, 0.2) is 18.3 Å². The molecule has 7 nitrogen and oxygen atoms in total. The molecule has 2 aliphatic rings. The summed E-state index contributed by atoms with van der Waals surface area (Å²) in [5, 5.41) is 9.82. The van der Waals surface area contributed by atoms with Crippen LogP contribution in [-0.2, 0) is 27.0 Å². The second-order valence-electron chi connectivity index (χ2n) is 6.51. The number of halogens is 6. The Balaban J connectivity index is 0.000000370. The molecular formula is C16H17F6N3O4. The van der Waals surface area contributed by atoms with Crippen molar-refractivity contribution < 1.29 is 45.8 Å². The van der Waals surface area contributed by atoms with Crippen molar-refractivity contribution in [2.45, 2.75) is 50.0 Å². The zero-order valence-electron chi connectivity index (χ0n) is 14.6. The highest BCUT2D eigenvalue weighted by molar-refractivity contribution is 5.79. The molecule has 1 aromatic rings. The fraction of sp³-hybridized carbons (Fsp3) is 0.562. The van der Waals surface area contributed by atoms with Crippen molar-refractivity contribution in [1.29, 1.82) is 0 Å². The Morgan fingerprint density at radius 2 is 1.79 bits per heavy atom. The first-order valence-corrected chi connectivity index (χ1v) is 8.30. The van der Waals surface area contributed by atoms with E-state index in [9.17, 15) is 31.1 Å². The Labute approximate surface area is 160 Å². The molecule has 2 aliphatic heterocycles. The second-order valence-corrected chi connectivity index (χ2v) is 6.51. The number of carbonyl (C=O) groups is 2. The van der Waals surface area contributed by atoms with E-state index in [1.54, 1.807) is 0 Å². The van der Waals surface area contributed by atoms with Gasteiger partial charge in [-0.3, -0.25) is 9.78 Å². The summed E-state index contributed by atoms with van der Waals surface area (Å²) in [5.41, 5.74) is 5.41. The molecule has 3 heterocycles. The third kappa shape index (κ3) is 6.03. The molecule has 1 aromatic heterocycles. The van der Waals surface area contributed by atoms with E-state index in [-0.39, 0.29) is 36.6 Å². The number of nitrogens with one attached hydrogen (secondary N) is 1. The molecule has 2 saturated heterocycles. The van der Waals surface area contributed by atoms with Gasteiger partial charge in [-0.15, -0.1) is 0 Å². The third-order valence-corrected chi connectivity index (χ3v) is 4.44. The maximum atomic E-state index is 12.4. The molecule has 0 aliphatic carbocycles. The predicted octanol–water partition coefficient (Wildman–Crippen LogP) is 1.85. The van der Waals surface area contributed by atoms with Crippen molar-refractivity contribution >= 4 is 11.9 Å². The Bertz CT molecular complexity index is 736. The average Bonchev–Trinajstić information content (AvgIpc) is 3.18. The van der Waals surface area contributed by atoms with E-state index in [2.05, 4.69) is 10.3 Å². The highest BCUT2D eigenvalue weighted by Crippen LogP contribution is 2.38. The number of amides is 1. The molecule has 3 rings (SSSR count). The fourth-order valence-corrected chi connectivity index (χ4v) is 2.97. The minimum atomic E-state index is -5.08. The van der Waals surface area contributed by atoms with Crippen molar-refractivity contribution in [3.05, 3.63) is 29.6 Å². The number of hydrogen-bond acceptors (Lipinski definition) is 5. The Kier molecular flexibility index (Phi) is 6.73. The van der Waals surface area contributed by atoms with Gasteiger partial charge in [-0.1, -0.05) is 0 Å². The van der Waals surface area contributed by atoms with Crippen molar-refractivity contribution in [3.8, 4) is 0 Å². The van der Waals surface area contributed by atoms with Gasteiger partial charge in [0.2, 0.25) is 5.91 Å². The molecule has 0 aromatic carbocycles. The average molecular weight is 429 g/mol. The number of aromatic nitrogens is 1. The van der Waals surface area contributed by atoms with E-state index in [0.29, 0.717) is 18.5 Å². The lowest BCUT2D eigenvalue weighted by molar-refractivity contribution is -0.192. The monoisotopic (exact) mass is 429 g/mol. The zero-order chi connectivity index (χ0) is 22.0. The summed E-state index contributed by atoms with van der Waals surface area (Å²) < 4.78 is 74.6. The van der Waals surface area contributed by atoms with Gasteiger partial charge in [0, 0.05) is 12.2 Å². The summed E-state index contributed by atoms with van der Waals surface area (Å²) in [6.45, 7) is 0.0942. The van der Waals surface area contributed by atoms with Crippen LogP contribution >= 0.6 is 0 Å². The van der Waals surface area contributed by atoms with Gasteiger partial charge >= 0.3 is 18.3 Å². The molecule has 4 N–H and O–H groups in total. The Morgan fingerprint density at radius 1 is 1.17 bits per heavy atom. The minimum absolute atomic E-state index is 0.00868. The van der Waals surface area contributed by atoms with E-state index < -0.39 is 23.9 Å². The predicted molar refractivity (Wildman–Crippen MR) is 84.1 cm³/mol. The van der Waals surface area contributed by atoms with Crippen LogP contribution in [0.25, 0.3) is 0 Å². The largest absolute Gasteiger partial charge is 0.490 e. The number of fused-ring (bicyclic) bond motifs is 2. The SMILES string of the molecule is N[C@H]1C[C@H]2O[C@@H]1C[C@@H]2C(=O)NCc1ccc(C(F)(F)F)cn1.O=C(O)C(F)(F)F. The van der Waals surface area contributed by atoms with Crippen LogP contribution in [-0.4, -0.2) is 46.4 Å². The van der Waals surface area contributed by atoms with Crippen LogP contribution in [0.1, 0.15) is 24.1 Å². The third-order valence-electron chi connectivity index (χ3n) is 4.44. The van der Waals surface area contributed by atoms with E-state index >= 15 is 0 Å². The highest BCUT2D eigenvalue weighted by atomic mass is 19.4. The van der Waals surface area contributed by atoms with Gasteiger partial charge < -0.3 is 20.9 Å². The van der Waals surface area contributed by atoms with Gasteiger partial charge in [0.25, 0.3) is 0 Å². The maximum absolute atomic E-state index is 12.4. The number of alkyl halides is 6. The topological polar surface area (TPSA) is 115 Å². The summed E-state index contributed by atoms with van der Waals surface area (Å²) in [6, 6.07) is 2.20. The number of hydrogen-bond donors (Lipinski definition) is 3. The molecule has 1 amide bonds. The minimum Gasteiger partial charge on any atom is -0.475 e. The lowest BCUT2D eigenvalue weighted by atomic mass is 9.86. The van der Waals surface area contributed by atoms with E-state index in [4.69, 9.17) is 20.4 Å². The highest BCUT2D eigenvalue weighted by Gasteiger charge is 2.48. The first-order valence-electron chi connectivity index (χ1n) is 8.30. The van der Waals surface area contributed by atoms with E-state index in [1.807, 2.05) is 0 Å². The number of ether oxygens (including phenoxy) is 1. The molecule has 13 heteroatoms. The summed E-state index contributed by atoms with van der Waals surface area (Å²) in [6.07, 6.45) is -7.68. The normalized spacial score (nSPS) is 25.9. The van der Waals surface area contributed by atoms with Crippen LogP contribution < -0.4 is 11.1 Å². The van der Waals surface area contributed by atoms with Crippen LogP contribution in [0, 0.1) is 5.92 Å². The molecule has 0 saturated carbocycles. The first-order chi connectivity index (χ1) is 13.3. The van der Waals surface area contributed by atoms with Crippen LogP contribution in [0.3, 0.4) is 0 Å². The van der Waals surface area contributed by atoms with E-state index in [0.717, 1.165) is 12.3 Å². The molecule has 2 fully saturated rings. The summed E-state index contributed by atoms with van der Waals surface area (Å²) in [7, 11) is 0. The molecular weight excluding hydrogens is 412 g/mol. The van der Waals surface area contributed by atoms with Gasteiger partial charge in [-0.2, -0.15) is 26.3 Å². The van der Waals surface area contributed by atoms with Crippen molar-refractivity contribution in [1.82, 2.24) is 10.3 Å². The number of nitrogens with zero attached hydrogens (tertiary/aromatic N) is 1. The second kappa shape index (κ2) is 8.53. The zero-order valence-corrected chi connectivity index (χ0v) is 14.6. The molecule has 4 atom stereocenters. The van der Waals surface area contributed by atoms with Gasteiger partial charge in [-0.05, 0) is 25.0 Å². The number of aliphatic carboxylic acids is 1. The van der Waals surface area contributed by atoms with Crippen molar-refractivity contribution in [2.75, 3.05) is 0 Å². The maximum Gasteiger partial charge on any atom is 0.490 e. The molecule has 2 bridgehead atoms. The molecule has 29 heavy (non-hydrogen) atoms. The lowest BCUT2D eigenvalue weighted by Crippen LogP contribution is -2.41. The van der Waals surface area contributed by atoms with Gasteiger partial charge in [0.15, 0.2) is 0 Å². The summed E-state index contributed by atoms with van der Waals surface area (Å²) in [4.78, 5) is 24.7. The van der Waals surface area contributed by atoms with Crippen LogP contribution in [0.4, 0.5) is 26.3 Å². The number of rotatable bonds is 3. The molecule has 0 unspecified atom stereocenters. The molecule has 0 spiro atoms. The van der Waals surface area contributed by atoms with Gasteiger partial charge in [0.05, 0.1) is 35.9 Å². The Hall–Kier alpha value is -2.41. The standard InChI is InChI=1S/C14H16F3N3O2.C2HF3O2/c15-14(16,17)7-1-2-8(19-5-7)6-20-13(21)9-3-12-10(18)4-11(9)22-12;3-2(4,5)1(6)7/h1-2,5,9-12H,3-4,6,18H2,(H,20,21);(H,6,7)/t9-,10-,11+,12+;/m0./s1. The van der Waals surface area contributed by atoms with Crippen molar-refractivity contribution in [2.24, 2.45) is 11.7 Å². The van der Waals surface area contributed by atoms with Gasteiger partial charge in [0.1, 0.15) is 0 Å². The number of carboxylic acids is 1. The van der Waals surface area contributed by atoms with E-state index in [1.165, 1.54) is 6.07 Å². The number of carboxylic acid groups (broad SMARTS) is 1.